The molecule has 4 rings (SSSR count). The van der Waals surface area contributed by atoms with Crippen LogP contribution in [0.1, 0.15) is 0 Å². The van der Waals surface area contributed by atoms with Crippen molar-refractivity contribution in [2.45, 2.75) is 0 Å². The monoisotopic (exact) mass is 395 g/mol. The molecule has 2 aromatic carbocycles. The lowest BCUT2D eigenvalue weighted by molar-refractivity contribution is 0.324. The van der Waals surface area contributed by atoms with Gasteiger partial charge in [-0.1, -0.05) is 17.7 Å². The van der Waals surface area contributed by atoms with Crippen molar-refractivity contribution in [1.82, 2.24) is 15.0 Å². The Bertz CT molecular complexity index is 1130. The standard InChI is InChI=1S/C21H18ClN3O3/c1-26-18-9-12(10-19(27-2)20(18)28-3)14-5-4-6-16(23-14)21-24-15-8-7-13(22)11-17(15)25-21/h4-11H,1-3H3,(H,24,25). The number of ether oxygens (including phenoxy) is 3. The Morgan fingerprint density at radius 3 is 2.21 bits per heavy atom. The molecule has 0 aliphatic carbocycles. The first-order chi connectivity index (χ1) is 13.6. The zero-order valence-corrected chi connectivity index (χ0v) is 16.4. The highest BCUT2D eigenvalue weighted by atomic mass is 35.5. The van der Waals surface area contributed by atoms with Crippen LogP contribution in [-0.4, -0.2) is 36.3 Å². The maximum Gasteiger partial charge on any atom is 0.203 e. The van der Waals surface area contributed by atoms with Crippen LogP contribution < -0.4 is 14.2 Å². The van der Waals surface area contributed by atoms with Crippen LogP contribution in [-0.2, 0) is 0 Å². The van der Waals surface area contributed by atoms with Crippen molar-refractivity contribution in [2.75, 3.05) is 21.3 Å². The largest absolute Gasteiger partial charge is 0.493 e. The van der Waals surface area contributed by atoms with Crippen LogP contribution in [0.25, 0.3) is 33.8 Å². The maximum absolute atomic E-state index is 6.06. The summed E-state index contributed by atoms with van der Waals surface area (Å²) in [6, 6.07) is 15.0. The normalized spacial score (nSPS) is 10.9. The van der Waals surface area contributed by atoms with E-state index in [2.05, 4.69) is 9.97 Å². The number of aromatic nitrogens is 3. The van der Waals surface area contributed by atoms with Gasteiger partial charge >= 0.3 is 0 Å². The first-order valence-corrected chi connectivity index (χ1v) is 8.94. The Morgan fingerprint density at radius 2 is 1.54 bits per heavy atom. The van der Waals surface area contributed by atoms with Crippen LogP contribution in [0, 0.1) is 0 Å². The number of hydrogen-bond acceptors (Lipinski definition) is 5. The van der Waals surface area contributed by atoms with Gasteiger partial charge in [0.1, 0.15) is 5.69 Å². The van der Waals surface area contributed by atoms with Crippen molar-refractivity contribution in [1.29, 1.82) is 0 Å². The van der Waals surface area contributed by atoms with Gasteiger partial charge in [-0.05, 0) is 42.5 Å². The molecule has 0 fully saturated rings. The van der Waals surface area contributed by atoms with Gasteiger partial charge in [-0.3, -0.25) is 0 Å². The SMILES string of the molecule is COc1cc(-c2cccc(-c3nc4ccc(Cl)cc4[nH]3)n2)cc(OC)c1OC. The van der Waals surface area contributed by atoms with Crippen LogP contribution in [0.3, 0.4) is 0 Å². The maximum atomic E-state index is 6.06. The minimum atomic E-state index is 0.541. The summed E-state index contributed by atoms with van der Waals surface area (Å²) in [5, 5.41) is 0.654. The Hall–Kier alpha value is -3.25. The summed E-state index contributed by atoms with van der Waals surface area (Å²) in [5.41, 5.74) is 4.02. The molecule has 2 heterocycles. The molecule has 28 heavy (non-hydrogen) atoms. The molecule has 0 bridgehead atoms. The van der Waals surface area contributed by atoms with Gasteiger partial charge in [-0.25, -0.2) is 9.97 Å². The fourth-order valence-electron chi connectivity index (χ4n) is 3.06. The van der Waals surface area contributed by atoms with E-state index < -0.39 is 0 Å². The number of aromatic amines is 1. The Kier molecular flexibility index (Phi) is 4.79. The number of benzene rings is 2. The predicted molar refractivity (Wildman–Crippen MR) is 109 cm³/mol. The van der Waals surface area contributed by atoms with E-state index in [9.17, 15) is 0 Å². The van der Waals surface area contributed by atoms with Gasteiger partial charge in [-0.2, -0.15) is 0 Å². The first kappa shape index (κ1) is 18.1. The lowest BCUT2D eigenvalue weighted by atomic mass is 10.1. The van der Waals surface area contributed by atoms with E-state index in [0.29, 0.717) is 28.1 Å². The molecule has 0 amide bonds. The molecule has 4 aromatic rings. The van der Waals surface area contributed by atoms with E-state index in [1.54, 1.807) is 21.3 Å². The average Bonchev–Trinajstić information content (AvgIpc) is 3.16. The van der Waals surface area contributed by atoms with E-state index in [-0.39, 0.29) is 0 Å². The lowest BCUT2D eigenvalue weighted by Gasteiger charge is -2.14. The topological polar surface area (TPSA) is 69.3 Å². The number of halogens is 1. The van der Waals surface area contributed by atoms with Crippen molar-refractivity contribution >= 4 is 22.6 Å². The smallest absolute Gasteiger partial charge is 0.203 e. The molecule has 0 aliphatic rings. The second kappa shape index (κ2) is 7.40. The fraction of sp³-hybridized carbons (Fsp3) is 0.143. The molecule has 2 aromatic heterocycles. The molecule has 0 unspecified atom stereocenters. The van der Waals surface area contributed by atoms with Gasteiger partial charge in [0.05, 0.1) is 38.1 Å². The highest BCUT2D eigenvalue weighted by Gasteiger charge is 2.15. The van der Waals surface area contributed by atoms with Gasteiger partial charge in [0.25, 0.3) is 0 Å². The number of imidazole rings is 1. The Morgan fingerprint density at radius 1 is 0.821 bits per heavy atom. The molecular weight excluding hydrogens is 378 g/mol. The number of methoxy groups -OCH3 is 3. The van der Waals surface area contributed by atoms with Crippen molar-refractivity contribution in [3.8, 4) is 40.0 Å². The highest BCUT2D eigenvalue weighted by molar-refractivity contribution is 6.31. The van der Waals surface area contributed by atoms with Gasteiger partial charge < -0.3 is 19.2 Å². The zero-order chi connectivity index (χ0) is 19.7. The third-order valence-electron chi connectivity index (χ3n) is 4.40. The molecule has 0 spiro atoms. The van der Waals surface area contributed by atoms with Crippen LogP contribution in [0.4, 0.5) is 0 Å². The fourth-order valence-corrected chi connectivity index (χ4v) is 3.23. The first-order valence-electron chi connectivity index (χ1n) is 8.56. The molecule has 0 saturated heterocycles. The highest BCUT2D eigenvalue weighted by Crippen LogP contribution is 2.41. The van der Waals surface area contributed by atoms with Gasteiger partial charge in [0.2, 0.25) is 5.75 Å². The van der Waals surface area contributed by atoms with Gasteiger partial charge in [-0.15, -0.1) is 0 Å². The minimum absolute atomic E-state index is 0.541. The molecule has 0 atom stereocenters. The average molecular weight is 396 g/mol. The van der Waals surface area contributed by atoms with E-state index in [1.807, 2.05) is 48.5 Å². The molecular formula is C21H18ClN3O3. The van der Waals surface area contributed by atoms with E-state index >= 15 is 0 Å². The zero-order valence-electron chi connectivity index (χ0n) is 15.6. The van der Waals surface area contributed by atoms with Crippen LogP contribution in [0.15, 0.2) is 48.5 Å². The number of nitrogens with zero attached hydrogens (tertiary/aromatic N) is 2. The summed E-state index contributed by atoms with van der Waals surface area (Å²) < 4.78 is 16.3. The minimum Gasteiger partial charge on any atom is -0.493 e. The molecule has 7 heteroatoms. The Balaban J connectivity index is 1.80. The van der Waals surface area contributed by atoms with E-state index in [4.69, 9.17) is 30.8 Å². The van der Waals surface area contributed by atoms with Gasteiger partial charge in [0.15, 0.2) is 17.3 Å². The number of nitrogens with one attached hydrogen (secondary N) is 1. The summed E-state index contributed by atoms with van der Waals surface area (Å²) in [6.07, 6.45) is 0. The van der Waals surface area contributed by atoms with Crippen LogP contribution in [0.5, 0.6) is 17.2 Å². The van der Waals surface area contributed by atoms with Crippen molar-refractivity contribution < 1.29 is 14.2 Å². The molecule has 0 saturated carbocycles. The third kappa shape index (κ3) is 3.23. The summed E-state index contributed by atoms with van der Waals surface area (Å²) in [7, 11) is 4.75. The second-order valence-electron chi connectivity index (χ2n) is 6.07. The molecule has 6 nitrogen and oxygen atoms in total. The van der Waals surface area contributed by atoms with E-state index in [1.165, 1.54) is 0 Å². The molecule has 0 aliphatic heterocycles. The lowest BCUT2D eigenvalue weighted by Crippen LogP contribution is -1.96. The van der Waals surface area contributed by atoms with E-state index in [0.717, 1.165) is 28.0 Å². The van der Waals surface area contributed by atoms with Crippen molar-refractivity contribution in [3.63, 3.8) is 0 Å². The van der Waals surface area contributed by atoms with Crippen LogP contribution in [0.2, 0.25) is 5.02 Å². The number of pyridine rings is 1. The van der Waals surface area contributed by atoms with Crippen molar-refractivity contribution in [3.05, 3.63) is 53.6 Å². The third-order valence-corrected chi connectivity index (χ3v) is 4.63. The number of rotatable bonds is 5. The predicted octanol–water partition coefficient (Wildman–Crippen LogP) is 4.97. The quantitative estimate of drug-likeness (QED) is 0.516. The molecule has 0 radical (unpaired) electrons. The summed E-state index contributed by atoms with van der Waals surface area (Å²) in [6.45, 7) is 0. The summed E-state index contributed by atoms with van der Waals surface area (Å²) >= 11 is 6.06. The number of hydrogen-bond donors (Lipinski definition) is 1. The van der Waals surface area contributed by atoms with Crippen molar-refractivity contribution in [2.24, 2.45) is 0 Å². The number of fused-ring (bicyclic) bond motifs is 1. The van der Waals surface area contributed by atoms with Crippen LogP contribution >= 0.6 is 11.6 Å². The Labute approximate surface area is 167 Å². The summed E-state index contributed by atoms with van der Waals surface area (Å²) in [5.74, 6) is 2.36. The number of H-pyrrole nitrogens is 1. The molecule has 1 N–H and O–H groups in total. The molecule has 142 valence electrons. The summed E-state index contributed by atoms with van der Waals surface area (Å²) in [4.78, 5) is 12.6. The second-order valence-corrected chi connectivity index (χ2v) is 6.51. The van der Waals surface area contributed by atoms with Gasteiger partial charge in [0, 0.05) is 10.6 Å².